The topological polar surface area (TPSA) is 29.5 Å². The van der Waals surface area contributed by atoms with Crippen LogP contribution in [0.3, 0.4) is 0 Å². The molecule has 2 nitrogen and oxygen atoms in total. The standard InChI is InChI=1S/C8H8BrFO2/c1-12-7-3-5(4-11)2-6(9)8(7)10/h2-3,11H,4H2,1H3. The largest absolute Gasteiger partial charge is 0.494 e. The molecule has 1 N–H and O–H groups in total. The summed E-state index contributed by atoms with van der Waals surface area (Å²) in [5.74, 6) is -0.317. The number of halogens is 2. The molecule has 12 heavy (non-hydrogen) atoms. The lowest BCUT2D eigenvalue weighted by molar-refractivity contribution is 0.280. The fourth-order valence-electron chi connectivity index (χ4n) is 0.857. The van der Waals surface area contributed by atoms with Crippen LogP contribution in [0.2, 0.25) is 0 Å². The van der Waals surface area contributed by atoms with E-state index in [2.05, 4.69) is 15.9 Å². The van der Waals surface area contributed by atoms with Gasteiger partial charge in [0.05, 0.1) is 18.2 Å². The molecule has 0 amide bonds. The number of methoxy groups -OCH3 is 1. The van der Waals surface area contributed by atoms with Gasteiger partial charge < -0.3 is 9.84 Å². The average Bonchev–Trinajstić information content (AvgIpc) is 2.09. The molecule has 0 spiro atoms. The second kappa shape index (κ2) is 3.87. The maximum Gasteiger partial charge on any atom is 0.179 e. The third-order valence-electron chi connectivity index (χ3n) is 1.46. The Kier molecular flexibility index (Phi) is 3.05. The number of aliphatic hydroxyl groups excluding tert-OH is 1. The third-order valence-corrected chi connectivity index (χ3v) is 2.03. The van der Waals surface area contributed by atoms with Crippen molar-refractivity contribution in [3.8, 4) is 5.75 Å². The average molecular weight is 235 g/mol. The van der Waals surface area contributed by atoms with Gasteiger partial charge in [-0.15, -0.1) is 0 Å². The molecule has 0 aromatic heterocycles. The number of hydrogen-bond donors (Lipinski definition) is 1. The lowest BCUT2D eigenvalue weighted by Gasteiger charge is -2.05. The highest BCUT2D eigenvalue weighted by Gasteiger charge is 2.08. The Morgan fingerprint density at radius 2 is 2.25 bits per heavy atom. The molecule has 0 aliphatic rings. The molecule has 0 aliphatic heterocycles. The van der Waals surface area contributed by atoms with Crippen molar-refractivity contribution >= 4 is 15.9 Å². The Bertz CT molecular complexity index is 289. The Labute approximate surface area is 78.1 Å². The maximum atomic E-state index is 13.1. The zero-order chi connectivity index (χ0) is 9.14. The van der Waals surface area contributed by atoms with Crippen molar-refractivity contribution in [2.75, 3.05) is 7.11 Å². The monoisotopic (exact) mass is 234 g/mol. The van der Waals surface area contributed by atoms with Crippen molar-refractivity contribution in [1.82, 2.24) is 0 Å². The van der Waals surface area contributed by atoms with E-state index in [1.165, 1.54) is 19.2 Å². The van der Waals surface area contributed by atoms with Crippen LogP contribution in [-0.2, 0) is 6.61 Å². The second-order valence-corrected chi connectivity index (χ2v) is 3.11. The Hall–Kier alpha value is -0.610. The fraction of sp³-hybridized carbons (Fsp3) is 0.250. The highest BCUT2D eigenvalue weighted by molar-refractivity contribution is 9.10. The Morgan fingerprint density at radius 1 is 1.58 bits per heavy atom. The second-order valence-electron chi connectivity index (χ2n) is 2.25. The minimum atomic E-state index is -0.449. The smallest absolute Gasteiger partial charge is 0.179 e. The van der Waals surface area contributed by atoms with E-state index in [-0.39, 0.29) is 12.4 Å². The highest BCUT2D eigenvalue weighted by Crippen LogP contribution is 2.26. The minimum Gasteiger partial charge on any atom is -0.494 e. The summed E-state index contributed by atoms with van der Waals surface area (Å²) in [6, 6.07) is 2.97. The molecule has 0 unspecified atom stereocenters. The van der Waals surface area contributed by atoms with E-state index in [4.69, 9.17) is 9.84 Å². The first kappa shape index (κ1) is 9.48. The molecule has 0 aliphatic carbocycles. The summed E-state index contributed by atoms with van der Waals surface area (Å²) in [6.07, 6.45) is 0. The predicted molar refractivity (Wildman–Crippen MR) is 46.6 cm³/mol. The van der Waals surface area contributed by atoms with Gasteiger partial charge in [-0.1, -0.05) is 0 Å². The van der Waals surface area contributed by atoms with Gasteiger partial charge in [-0.25, -0.2) is 4.39 Å². The first-order valence-corrected chi connectivity index (χ1v) is 4.11. The summed E-state index contributed by atoms with van der Waals surface area (Å²) in [7, 11) is 1.38. The van der Waals surface area contributed by atoms with Crippen LogP contribution < -0.4 is 4.74 Å². The molecule has 0 saturated heterocycles. The third kappa shape index (κ3) is 1.76. The maximum absolute atomic E-state index is 13.1. The lowest BCUT2D eigenvalue weighted by atomic mass is 10.2. The molecule has 0 fully saturated rings. The molecule has 0 saturated carbocycles. The van der Waals surface area contributed by atoms with E-state index in [1.807, 2.05) is 0 Å². The minimum absolute atomic E-state index is 0.130. The summed E-state index contributed by atoms with van der Waals surface area (Å²) in [6.45, 7) is -0.130. The molecule has 66 valence electrons. The van der Waals surface area contributed by atoms with Gasteiger partial charge in [0.1, 0.15) is 0 Å². The lowest BCUT2D eigenvalue weighted by Crippen LogP contribution is -1.92. The number of aliphatic hydroxyl groups is 1. The van der Waals surface area contributed by atoms with Gasteiger partial charge in [0.15, 0.2) is 11.6 Å². The van der Waals surface area contributed by atoms with E-state index >= 15 is 0 Å². The molecule has 1 aromatic carbocycles. The van der Waals surface area contributed by atoms with Crippen LogP contribution in [-0.4, -0.2) is 12.2 Å². The zero-order valence-corrected chi connectivity index (χ0v) is 8.06. The normalized spacial score (nSPS) is 10.0. The van der Waals surface area contributed by atoms with E-state index in [0.717, 1.165) is 0 Å². The van der Waals surface area contributed by atoms with Crippen molar-refractivity contribution < 1.29 is 14.2 Å². The number of hydrogen-bond acceptors (Lipinski definition) is 2. The van der Waals surface area contributed by atoms with Crippen LogP contribution in [0.1, 0.15) is 5.56 Å². The van der Waals surface area contributed by atoms with Crippen LogP contribution >= 0.6 is 15.9 Å². The molecule has 0 heterocycles. The Morgan fingerprint density at radius 3 is 2.75 bits per heavy atom. The summed E-state index contributed by atoms with van der Waals surface area (Å²) < 4.78 is 18.1. The van der Waals surface area contributed by atoms with Crippen molar-refractivity contribution in [3.05, 3.63) is 28.0 Å². The summed E-state index contributed by atoms with van der Waals surface area (Å²) in [5, 5.41) is 8.77. The van der Waals surface area contributed by atoms with Crippen molar-refractivity contribution in [2.45, 2.75) is 6.61 Å². The van der Waals surface area contributed by atoms with Gasteiger partial charge >= 0.3 is 0 Å². The van der Waals surface area contributed by atoms with Crippen LogP contribution in [0.15, 0.2) is 16.6 Å². The van der Waals surface area contributed by atoms with E-state index in [1.54, 1.807) is 0 Å². The van der Waals surface area contributed by atoms with Gasteiger partial charge in [0.25, 0.3) is 0 Å². The first-order valence-electron chi connectivity index (χ1n) is 3.31. The van der Waals surface area contributed by atoms with Crippen LogP contribution in [0.25, 0.3) is 0 Å². The SMILES string of the molecule is COc1cc(CO)cc(Br)c1F. The number of rotatable bonds is 2. The van der Waals surface area contributed by atoms with Gasteiger partial charge in [0.2, 0.25) is 0 Å². The molecule has 1 rings (SSSR count). The van der Waals surface area contributed by atoms with Crippen LogP contribution in [0, 0.1) is 5.82 Å². The molecule has 1 aromatic rings. The van der Waals surface area contributed by atoms with Gasteiger partial charge in [-0.2, -0.15) is 0 Å². The first-order chi connectivity index (χ1) is 5.69. The highest BCUT2D eigenvalue weighted by atomic mass is 79.9. The number of ether oxygens (including phenoxy) is 1. The van der Waals surface area contributed by atoms with Crippen molar-refractivity contribution in [1.29, 1.82) is 0 Å². The number of benzene rings is 1. The molecular weight excluding hydrogens is 227 g/mol. The summed E-state index contributed by atoms with van der Waals surface area (Å²) in [5.41, 5.74) is 0.611. The summed E-state index contributed by atoms with van der Waals surface area (Å²) >= 11 is 3.01. The van der Waals surface area contributed by atoms with Crippen LogP contribution in [0.4, 0.5) is 4.39 Å². The Balaban J connectivity index is 3.19. The van der Waals surface area contributed by atoms with Crippen LogP contribution in [0.5, 0.6) is 5.75 Å². The molecule has 0 bridgehead atoms. The van der Waals surface area contributed by atoms with Gasteiger partial charge in [-0.05, 0) is 33.6 Å². The van der Waals surface area contributed by atoms with Crippen molar-refractivity contribution in [3.63, 3.8) is 0 Å². The molecule has 0 atom stereocenters. The molecular formula is C8H8BrFO2. The fourth-order valence-corrected chi connectivity index (χ4v) is 1.35. The van der Waals surface area contributed by atoms with E-state index in [9.17, 15) is 4.39 Å². The summed E-state index contributed by atoms with van der Waals surface area (Å²) in [4.78, 5) is 0. The van der Waals surface area contributed by atoms with Gasteiger partial charge in [0, 0.05) is 0 Å². The predicted octanol–water partition coefficient (Wildman–Crippen LogP) is 2.09. The quantitative estimate of drug-likeness (QED) is 0.850. The molecule has 4 heteroatoms. The van der Waals surface area contributed by atoms with E-state index in [0.29, 0.717) is 10.0 Å². The van der Waals surface area contributed by atoms with Gasteiger partial charge in [-0.3, -0.25) is 0 Å². The molecule has 0 radical (unpaired) electrons. The zero-order valence-electron chi connectivity index (χ0n) is 6.47. The van der Waals surface area contributed by atoms with E-state index < -0.39 is 5.82 Å². The van der Waals surface area contributed by atoms with Crippen molar-refractivity contribution in [2.24, 2.45) is 0 Å².